The molecule has 3 rings (SSSR count). The van der Waals surface area contributed by atoms with Gasteiger partial charge in [0.05, 0.1) is 12.1 Å². The van der Waals surface area contributed by atoms with Gasteiger partial charge in [-0.25, -0.2) is 4.98 Å². The van der Waals surface area contributed by atoms with Crippen LogP contribution in [-0.4, -0.2) is 25.0 Å². The molecule has 6 heteroatoms. The quantitative estimate of drug-likeness (QED) is 0.716. The molecule has 1 aromatic heterocycles. The van der Waals surface area contributed by atoms with Crippen LogP contribution in [0.5, 0.6) is 0 Å². The number of oxazole rings is 1. The van der Waals surface area contributed by atoms with Gasteiger partial charge < -0.3 is 14.6 Å². The molecule has 1 amide bonds. The van der Waals surface area contributed by atoms with Crippen LogP contribution in [0.1, 0.15) is 11.5 Å². The van der Waals surface area contributed by atoms with Crippen LogP contribution in [0.15, 0.2) is 52.9 Å². The van der Waals surface area contributed by atoms with E-state index < -0.39 is 0 Å². The number of halogens is 1. The zero-order valence-corrected chi connectivity index (χ0v) is 15.7. The first kappa shape index (κ1) is 18.0. The molecule has 0 bridgehead atoms. The highest BCUT2D eigenvalue weighted by atomic mass is 35.5. The molecule has 0 aliphatic heterocycles. The fourth-order valence-electron chi connectivity index (χ4n) is 2.51. The van der Waals surface area contributed by atoms with E-state index in [0.29, 0.717) is 22.4 Å². The van der Waals surface area contributed by atoms with Gasteiger partial charge in [-0.2, -0.15) is 0 Å². The van der Waals surface area contributed by atoms with Crippen molar-refractivity contribution in [3.63, 3.8) is 0 Å². The lowest BCUT2D eigenvalue weighted by Crippen LogP contribution is -2.15. The second-order valence-electron chi connectivity index (χ2n) is 6.20. The summed E-state index contributed by atoms with van der Waals surface area (Å²) in [4.78, 5) is 18.8. The maximum absolute atomic E-state index is 12.3. The van der Waals surface area contributed by atoms with Crippen molar-refractivity contribution in [1.29, 1.82) is 0 Å². The van der Waals surface area contributed by atoms with E-state index in [2.05, 4.69) is 10.3 Å². The van der Waals surface area contributed by atoms with E-state index in [-0.39, 0.29) is 12.3 Å². The summed E-state index contributed by atoms with van der Waals surface area (Å²) in [5.41, 5.74) is 3.27. The Morgan fingerprint density at radius 1 is 1.12 bits per heavy atom. The first-order chi connectivity index (χ1) is 12.4. The SMILES string of the molecule is Cc1oc(-c2ccc(Cl)cc2)nc1CC(=O)Nc1ccc(N(C)C)cc1. The molecule has 0 aliphatic rings. The monoisotopic (exact) mass is 369 g/mol. The number of aryl methyl sites for hydroxylation is 1. The van der Waals surface area contributed by atoms with Crippen molar-refractivity contribution in [2.45, 2.75) is 13.3 Å². The molecule has 0 unspecified atom stereocenters. The van der Waals surface area contributed by atoms with Crippen molar-refractivity contribution in [2.75, 3.05) is 24.3 Å². The lowest BCUT2D eigenvalue weighted by Gasteiger charge is -2.12. The van der Waals surface area contributed by atoms with E-state index in [4.69, 9.17) is 16.0 Å². The average Bonchev–Trinajstić information content (AvgIpc) is 2.96. The molecule has 0 radical (unpaired) electrons. The molecule has 0 aliphatic carbocycles. The average molecular weight is 370 g/mol. The summed E-state index contributed by atoms with van der Waals surface area (Å²) < 4.78 is 5.69. The van der Waals surface area contributed by atoms with Crippen LogP contribution in [0.4, 0.5) is 11.4 Å². The lowest BCUT2D eigenvalue weighted by atomic mass is 10.2. The molecule has 3 aromatic rings. The number of anilines is 2. The molecule has 26 heavy (non-hydrogen) atoms. The Bertz CT molecular complexity index is 900. The number of rotatable bonds is 5. The highest BCUT2D eigenvalue weighted by molar-refractivity contribution is 6.30. The number of carbonyl (C=O) groups is 1. The van der Waals surface area contributed by atoms with Crippen molar-refractivity contribution in [3.8, 4) is 11.5 Å². The fourth-order valence-corrected chi connectivity index (χ4v) is 2.63. The third-order valence-electron chi connectivity index (χ3n) is 3.98. The number of aromatic nitrogens is 1. The molecule has 5 nitrogen and oxygen atoms in total. The van der Waals surface area contributed by atoms with Crippen molar-refractivity contribution >= 4 is 28.9 Å². The second-order valence-corrected chi connectivity index (χ2v) is 6.63. The Hall–Kier alpha value is -2.79. The highest BCUT2D eigenvalue weighted by Crippen LogP contribution is 2.24. The van der Waals surface area contributed by atoms with Crippen LogP contribution in [0.2, 0.25) is 5.02 Å². The van der Waals surface area contributed by atoms with Crippen LogP contribution in [0, 0.1) is 6.92 Å². The van der Waals surface area contributed by atoms with E-state index in [1.807, 2.05) is 55.4 Å². The van der Waals surface area contributed by atoms with Crippen LogP contribution in [-0.2, 0) is 11.2 Å². The summed E-state index contributed by atoms with van der Waals surface area (Å²) in [6.07, 6.45) is 0.151. The van der Waals surface area contributed by atoms with E-state index in [1.54, 1.807) is 19.1 Å². The molecule has 1 N–H and O–H groups in total. The molecular weight excluding hydrogens is 350 g/mol. The summed E-state index contributed by atoms with van der Waals surface area (Å²) in [5, 5.41) is 3.53. The fraction of sp³-hybridized carbons (Fsp3) is 0.200. The lowest BCUT2D eigenvalue weighted by molar-refractivity contribution is -0.115. The first-order valence-corrected chi connectivity index (χ1v) is 8.59. The smallest absolute Gasteiger partial charge is 0.230 e. The van der Waals surface area contributed by atoms with Crippen LogP contribution >= 0.6 is 11.6 Å². The summed E-state index contributed by atoms with van der Waals surface area (Å²) in [6.45, 7) is 1.81. The van der Waals surface area contributed by atoms with Crippen molar-refractivity contribution in [1.82, 2.24) is 4.98 Å². The van der Waals surface area contributed by atoms with Crippen molar-refractivity contribution in [3.05, 3.63) is 65.0 Å². The minimum absolute atomic E-state index is 0.137. The number of amides is 1. The Balaban J connectivity index is 1.68. The van der Waals surface area contributed by atoms with E-state index in [9.17, 15) is 4.79 Å². The van der Waals surface area contributed by atoms with Crippen LogP contribution < -0.4 is 10.2 Å². The minimum Gasteiger partial charge on any atom is -0.441 e. The number of nitrogens with one attached hydrogen (secondary N) is 1. The third-order valence-corrected chi connectivity index (χ3v) is 4.23. The van der Waals surface area contributed by atoms with Gasteiger partial charge in [-0.3, -0.25) is 4.79 Å². The van der Waals surface area contributed by atoms with Gasteiger partial charge in [0.15, 0.2) is 0 Å². The second kappa shape index (κ2) is 7.62. The van der Waals surface area contributed by atoms with Crippen LogP contribution in [0.3, 0.4) is 0 Å². The summed E-state index contributed by atoms with van der Waals surface area (Å²) in [7, 11) is 3.94. The molecule has 134 valence electrons. The predicted molar refractivity (Wildman–Crippen MR) is 105 cm³/mol. The summed E-state index contributed by atoms with van der Waals surface area (Å²) in [6, 6.07) is 14.9. The first-order valence-electron chi connectivity index (χ1n) is 8.22. The number of benzene rings is 2. The topological polar surface area (TPSA) is 58.4 Å². The number of hydrogen-bond acceptors (Lipinski definition) is 4. The largest absolute Gasteiger partial charge is 0.441 e. The van der Waals surface area contributed by atoms with Gasteiger partial charge in [-0.1, -0.05) is 11.6 Å². The third kappa shape index (κ3) is 4.24. The summed E-state index contributed by atoms with van der Waals surface area (Å²) >= 11 is 5.90. The van der Waals surface area contributed by atoms with Gasteiger partial charge in [0.1, 0.15) is 5.76 Å². The normalized spacial score (nSPS) is 10.6. The van der Waals surface area contributed by atoms with Gasteiger partial charge in [0, 0.05) is 36.1 Å². The molecule has 0 spiro atoms. The molecule has 0 fully saturated rings. The summed E-state index contributed by atoms with van der Waals surface area (Å²) in [5.74, 6) is 0.979. The molecular formula is C20H20ClN3O2. The van der Waals surface area contributed by atoms with Gasteiger partial charge in [0.25, 0.3) is 0 Å². The maximum atomic E-state index is 12.3. The van der Waals surface area contributed by atoms with Gasteiger partial charge in [-0.05, 0) is 55.5 Å². The Kier molecular flexibility index (Phi) is 5.28. The zero-order chi connectivity index (χ0) is 18.7. The minimum atomic E-state index is -0.137. The molecule has 0 atom stereocenters. The highest BCUT2D eigenvalue weighted by Gasteiger charge is 2.15. The Labute approximate surface area is 157 Å². The van der Waals surface area contributed by atoms with Gasteiger partial charge in [0.2, 0.25) is 11.8 Å². The molecule has 0 saturated heterocycles. The van der Waals surface area contributed by atoms with Gasteiger partial charge in [-0.15, -0.1) is 0 Å². The zero-order valence-electron chi connectivity index (χ0n) is 14.9. The maximum Gasteiger partial charge on any atom is 0.230 e. The number of hydrogen-bond donors (Lipinski definition) is 1. The molecule has 2 aromatic carbocycles. The Morgan fingerprint density at radius 2 is 1.77 bits per heavy atom. The molecule has 1 heterocycles. The van der Waals surface area contributed by atoms with Gasteiger partial charge >= 0.3 is 0 Å². The van der Waals surface area contributed by atoms with Crippen molar-refractivity contribution in [2.24, 2.45) is 0 Å². The number of carbonyl (C=O) groups excluding carboxylic acids is 1. The Morgan fingerprint density at radius 3 is 2.38 bits per heavy atom. The van der Waals surface area contributed by atoms with E-state index in [1.165, 1.54) is 0 Å². The molecule has 0 saturated carbocycles. The number of nitrogens with zero attached hydrogens (tertiary/aromatic N) is 2. The predicted octanol–water partition coefficient (Wildman–Crippen LogP) is 4.55. The standard InChI is InChI=1S/C20H20ClN3O2/c1-13-18(23-20(26-13)14-4-6-15(21)7-5-14)12-19(25)22-16-8-10-17(11-9-16)24(2)3/h4-11H,12H2,1-3H3,(H,22,25). The van der Waals surface area contributed by atoms with E-state index >= 15 is 0 Å². The van der Waals surface area contributed by atoms with E-state index in [0.717, 1.165) is 16.9 Å². The van der Waals surface area contributed by atoms with Crippen LogP contribution in [0.25, 0.3) is 11.5 Å². The van der Waals surface area contributed by atoms with Crippen molar-refractivity contribution < 1.29 is 9.21 Å².